The molecule has 3 unspecified atom stereocenters. The van der Waals surface area contributed by atoms with Crippen molar-refractivity contribution in [2.75, 3.05) is 39.8 Å². The molecule has 7 nitrogen and oxygen atoms in total. The molecule has 0 aliphatic carbocycles. The predicted octanol–water partition coefficient (Wildman–Crippen LogP) is 2.56. The maximum Gasteiger partial charge on any atom is 0.193 e. The number of hydrogen-bond acceptors (Lipinski definition) is 5. The minimum Gasteiger partial charge on any atom is -0.373 e. The van der Waals surface area contributed by atoms with E-state index in [0.29, 0.717) is 12.0 Å². The minimum absolute atomic E-state index is 0.223. The van der Waals surface area contributed by atoms with Gasteiger partial charge in [-0.25, -0.2) is 0 Å². The van der Waals surface area contributed by atoms with Crippen molar-refractivity contribution < 1.29 is 9.26 Å². The molecule has 2 fully saturated rings. The summed E-state index contributed by atoms with van der Waals surface area (Å²) in [5.41, 5.74) is 3.51. The number of nitrogens with one attached hydrogen (secondary N) is 1. The molecule has 3 atom stereocenters. The number of aromatic nitrogens is 1. The number of rotatable bonds is 5. The van der Waals surface area contributed by atoms with Gasteiger partial charge in [-0.3, -0.25) is 9.89 Å². The van der Waals surface area contributed by atoms with E-state index in [9.17, 15) is 0 Å². The molecule has 1 aromatic carbocycles. The maximum atomic E-state index is 6.12. The largest absolute Gasteiger partial charge is 0.373 e. The quantitative estimate of drug-likeness (QED) is 0.603. The smallest absolute Gasteiger partial charge is 0.193 e. The summed E-state index contributed by atoms with van der Waals surface area (Å²) in [6, 6.07) is 11.1. The molecule has 2 aliphatic heterocycles. The number of morpholine rings is 1. The van der Waals surface area contributed by atoms with E-state index < -0.39 is 0 Å². The molecule has 0 amide bonds. The number of nitrogens with zero attached hydrogens (tertiary/aromatic N) is 4. The number of guanidine groups is 1. The average Bonchev–Trinajstić information content (AvgIpc) is 3.33. The normalized spacial score (nSPS) is 23.5. The van der Waals surface area contributed by atoms with E-state index in [1.165, 1.54) is 11.1 Å². The number of aliphatic imine (C=N–C) groups is 1. The zero-order valence-corrected chi connectivity index (χ0v) is 18.5. The maximum absolute atomic E-state index is 6.12. The van der Waals surface area contributed by atoms with E-state index in [2.05, 4.69) is 62.5 Å². The number of likely N-dealkylation sites (tertiary alicyclic amines) is 1. The van der Waals surface area contributed by atoms with Crippen molar-refractivity contribution in [3.8, 4) is 0 Å². The highest BCUT2D eigenvalue weighted by Gasteiger charge is 2.41. The Hall–Kier alpha value is -2.38. The van der Waals surface area contributed by atoms with E-state index in [1.54, 1.807) is 0 Å². The molecule has 1 N–H and O–H groups in total. The van der Waals surface area contributed by atoms with Crippen LogP contribution in [0.15, 0.2) is 39.8 Å². The highest BCUT2D eigenvalue weighted by Crippen LogP contribution is 2.25. The summed E-state index contributed by atoms with van der Waals surface area (Å²) in [7, 11) is 1.85. The van der Waals surface area contributed by atoms with Crippen molar-refractivity contribution in [3.05, 3.63) is 52.9 Å². The fourth-order valence-electron chi connectivity index (χ4n) is 4.82. The number of aryl methyl sites for hydroxylation is 2. The fourth-order valence-corrected chi connectivity index (χ4v) is 4.82. The average molecular weight is 412 g/mol. The van der Waals surface area contributed by atoms with Gasteiger partial charge in [-0.2, -0.15) is 0 Å². The molecule has 1 aromatic heterocycles. The van der Waals surface area contributed by atoms with Gasteiger partial charge in [0.25, 0.3) is 0 Å². The molecular formula is C23H33N5O2. The van der Waals surface area contributed by atoms with Gasteiger partial charge in [0.2, 0.25) is 0 Å². The predicted molar refractivity (Wildman–Crippen MR) is 118 cm³/mol. The van der Waals surface area contributed by atoms with Gasteiger partial charge in [-0.15, -0.1) is 0 Å². The summed E-state index contributed by atoms with van der Waals surface area (Å²) >= 11 is 0. The van der Waals surface area contributed by atoms with Gasteiger partial charge < -0.3 is 19.5 Å². The van der Waals surface area contributed by atoms with Crippen molar-refractivity contribution >= 4 is 5.96 Å². The van der Waals surface area contributed by atoms with E-state index in [0.717, 1.165) is 56.7 Å². The summed E-state index contributed by atoms with van der Waals surface area (Å²) in [6.45, 7) is 11.5. The Kier molecular flexibility index (Phi) is 6.39. The molecule has 0 bridgehead atoms. The van der Waals surface area contributed by atoms with Crippen LogP contribution >= 0.6 is 0 Å². The monoisotopic (exact) mass is 411 g/mol. The van der Waals surface area contributed by atoms with Gasteiger partial charge in [-0.1, -0.05) is 42.4 Å². The molecule has 0 saturated carbocycles. The molecule has 2 aliphatic rings. The number of benzene rings is 1. The van der Waals surface area contributed by atoms with Crippen molar-refractivity contribution in [2.45, 2.75) is 45.4 Å². The Morgan fingerprint density at radius 1 is 1.27 bits per heavy atom. The molecule has 0 spiro atoms. The van der Waals surface area contributed by atoms with Gasteiger partial charge in [0.15, 0.2) is 5.96 Å². The van der Waals surface area contributed by atoms with Crippen molar-refractivity contribution in [1.29, 1.82) is 0 Å². The Balaban J connectivity index is 1.38. The first-order valence-electron chi connectivity index (χ1n) is 10.8. The minimum atomic E-state index is 0.223. The van der Waals surface area contributed by atoms with Gasteiger partial charge in [0.05, 0.1) is 24.4 Å². The summed E-state index contributed by atoms with van der Waals surface area (Å²) in [5.74, 6) is 2.13. The van der Waals surface area contributed by atoms with Crippen molar-refractivity contribution in [3.63, 3.8) is 0 Å². The lowest BCUT2D eigenvalue weighted by Crippen LogP contribution is -2.50. The van der Waals surface area contributed by atoms with Crippen LogP contribution in [-0.2, 0) is 11.3 Å². The van der Waals surface area contributed by atoms with E-state index >= 15 is 0 Å². The third-order valence-electron chi connectivity index (χ3n) is 6.30. The Morgan fingerprint density at radius 2 is 2.07 bits per heavy atom. The van der Waals surface area contributed by atoms with Crippen LogP contribution in [-0.4, -0.2) is 72.9 Å². The molecule has 4 rings (SSSR count). The molecule has 162 valence electrons. The highest BCUT2D eigenvalue weighted by molar-refractivity contribution is 5.80. The summed E-state index contributed by atoms with van der Waals surface area (Å²) in [6.07, 6.45) is 0.223. The van der Waals surface area contributed by atoms with Gasteiger partial charge in [0, 0.05) is 51.3 Å². The highest BCUT2D eigenvalue weighted by atomic mass is 16.5. The second-order valence-electron chi connectivity index (χ2n) is 8.40. The Morgan fingerprint density at radius 3 is 2.77 bits per heavy atom. The SMILES string of the molecule is CN=C(NCC(C)c1c(C)noc1C)N1CC2OCCN(Cc3ccccc3)C2C1. The van der Waals surface area contributed by atoms with Crippen LogP contribution in [0.4, 0.5) is 0 Å². The summed E-state index contributed by atoms with van der Waals surface area (Å²) < 4.78 is 11.5. The molecule has 0 radical (unpaired) electrons. The van der Waals surface area contributed by atoms with Gasteiger partial charge >= 0.3 is 0 Å². The van der Waals surface area contributed by atoms with Crippen LogP contribution in [0, 0.1) is 13.8 Å². The Labute approximate surface area is 179 Å². The van der Waals surface area contributed by atoms with Crippen LogP contribution in [0.3, 0.4) is 0 Å². The van der Waals surface area contributed by atoms with Crippen LogP contribution in [0.1, 0.15) is 35.4 Å². The molecule has 2 aromatic rings. The zero-order chi connectivity index (χ0) is 21.1. The molecule has 30 heavy (non-hydrogen) atoms. The number of fused-ring (bicyclic) bond motifs is 1. The second kappa shape index (κ2) is 9.18. The topological polar surface area (TPSA) is 66.1 Å². The number of ether oxygens (including phenoxy) is 1. The van der Waals surface area contributed by atoms with Crippen LogP contribution < -0.4 is 5.32 Å². The first-order valence-corrected chi connectivity index (χ1v) is 10.8. The lowest BCUT2D eigenvalue weighted by Gasteiger charge is -2.36. The van der Waals surface area contributed by atoms with E-state index in [1.807, 2.05) is 20.9 Å². The standard InChI is InChI=1S/C23H33N5O2/c1-16(22-17(2)26-30-18(22)3)12-25-23(24-4)28-14-20-21(15-28)29-11-10-27(20)13-19-8-6-5-7-9-19/h5-9,16,20-21H,10-15H2,1-4H3,(H,24,25). The second-order valence-corrected chi connectivity index (χ2v) is 8.40. The summed E-state index contributed by atoms with van der Waals surface area (Å²) in [4.78, 5) is 9.44. The molecule has 2 saturated heterocycles. The first kappa shape index (κ1) is 20.9. The summed E-state index contributed by atoms with van der Waals surface area (Å²) in [5, 5.41) is 7.65. The first-order chi connectivity index (χ1) is 14.6. The molecular weight excluding hydrogens is 378 g/mol. The lowest BCUT2D eigenvalue weighted by atomic mass is 10.00. The fraction of sp³-hybridized carbons (Fsp3) is 0.565. The third kappa shape index (κ3) is 4.37. The zero-order valence-electron chi connectivity index (χ0n) is 18.5. The third-order valence-corrected chi connectivity index (χ3v) is 6.30. The van der Waals surface area contributed by atoms with Gasteiger partial charge in [-0.05, 0) is 19.4 Å². The molecule has 3 heterocycles. The van der Waals surface area contributed by atoms with E-state index in [4.69, 9.17) is 9.26 Å². The lowest BCUT2D eigenvalue weighted by molar-refractivity contribution is -0.0502. The molecule has 7 heteroatoms. The van der Waals surface area contributed by atoms with Crippen LogP contribution in [0.25, 0.3) is 0 Å². The van der Waals surface area contributed by atoms with Crippen LogP contribution in [0.2, 0.25) is 0 Å². The van der Waals surface area contributed by atoms with Crippen molar-refractivity contribution in [2.24, 2.45) is 4.99 Å². The number of hydrogen-bond donors (Lipinski definition) is 1. The Bertz CT molecular complexity index is 846. The van der Waals surface area contributed by atoms with Gasteiger partial charge in [0.1, 0.15) is 5.76 Å². The van der Waals surface area contributed by atoms with E-state index in [-0.39, 0.29) is 6.10 Å². The van der Waals surface area contributed by atoms with Crippen LogP contribution in [0.5, 0.6) is 0 Å². The van der Waals surface area contributed by atoms with Crippen molar-refractivity contribution in [1.82, 2.24) is 20.3 Å².